The minimum atomic E-state index is -0.200. The van der Waals surface area contributed by atoms with Gasteiger partial charge < -0.3 is 10.1 Å². The largest absolute Gasteiger partial charge is 0.372 e. The van der Waals surface area contributed by atoms with E-state index < -0.39 is 0 Å². The molecule has 0 spiro atoms. The molecule has 0 saturated carbocycles. The van der Waals surface area contributed by atoms with Crippen molar-refractivity contribution in [2.45, 2.75) is 13.0 Å². The number of halogens is 1. The van der Waals surface area contributed by atoms with E-state index in [1.807, 2.05) is 0 Å². The molecule has 1 aromatic rings. The average Bonchev–Trinajstić information content (AvgIpc) is 2.44. The molecule has 1 heterocycles. The third-order valence-electron chi connectivity index (χ3n) is 2.65. The molecule has 3 heteroatoms. The Hall–Kier alpha value is -0.930. The van der Waals surface area contributed by atoms with Crippen molar-refractivity contribution >= 4 is 0 Å². The molecule has 1 aliphatic heterocycles. The van der Waals surface area contributed by atoms with Crippen LogP contribution in [0.3, 0.4) is 0 Å². The van der Waals surface area contributed by atoms with Crippen LogP contribution in [-0.2, 0) is 4.74 Å². The molecule has 15 heavy (non-hydrogen) atoms. The normalized spacial score (nSPS) is 27.3. The van der Waals surface area contributed by atoms with E-state index in [9.17, 15) is 4.39 Å². The highest BCUT2D eigenvalue weighted by molar-refractivity contribution is 5.19. The second kappa shape index (κ2) is 4.73. The summed E-state index contributed by atoms with van der Waals surface area (Å²) in [6.07, 6.45) is 0.0514. The van der Waals surface area contributed by atoms with E-state index >= 15 is 0 Å². The van der Waals surface area contributed by atoms with Gasteiger partial charge in [0.15, 0.2) is 0 Å². The highest BCUT2D eigenvalue weighted by Gasteiger charge is 2.17. The predicted octanol–water partition coefficient (Wildman–Crippen LogP) is 2.12. The molecular formula is C12H16FNO. The van der Waals surface area contributed by atoms with Gasteiger partial charge in [0.05, 0.1) is 12.7 Å². The Morgan fingerprint density at radius 3 is 2.73 bits per heavy atom. The Kier molecular flexibility index (Phi) is 3.34. The van der Waals surface area contributed by atoms with Crippen molar-refractivity contribution in [1.29, 1.82) is 0 Å². The van der Waals surface area contributed by atoms with Gasteiger partial charge in [-0.25, -0.2) is 4.39 Å². The van der Waals surface area contributed by atoms with Gasteiger partial charge in [-0.2, -0.15) is 0 Å². The first kappa shape index (κ1) is 10.6. The summed E-state index contributed by atoms with van der Waals surface area (Å²) in [5.74, 6) is 0.337. The monoisotopic (exact) mass is 209 g/mol. The molecule has 2 atom stereocenters. The Balaban J connectivity index is 2.06. The number of hydrogen-bond donors (Lipinski definition) is 1. The fraction of sp³-hybridized carbons (Fsp3) is 0.500. The SMILES string of the molecule is CC1CNCC(c2ccc(F)cc2)OC1. The van der Waals surface area contributed by atoms with Crippen molar-refractivity contribution in [2.24, 2.45) is 5.92 Å². The van der Waals surface area contributed by atoms with Gasteiger partial charge in [0.1, 0.15) is 5.82 Å². The van der Waals surface area contributed by atoms with Gasteiger partial charge in [-0.15, -0.1) is 0 Å². The summed E-state index contributed by atoms with van der Waals surface area (Å²) in [6.45, 7) is 4.70. The molecule has 2 unspecified atom stereocenters. The molecular weight excluding hydrogens is 193 g/mol. The Labute approximate surface area is 89.4 Å². The van der Waals surface area contributed by atoms with Gasteiger partial charge in [0, 0.05) is 13.1 Å². The number of ether oxygens (including phenoxy) is 1. The van der Waals surface area contributed by atoms with Crippen LogP contribution >= 0.6 is 0 Å². The summed E-state index contributed by atoms with van der Waals surface area (Å²) in [6, 6.07) is 6.54. The first-order chi connectivity index (χ1) is 7.25. The first-order valence-electron chi connectivity index (χ1n) is 5.33. The van der Waals surface area contributed by atoms with E-state index in [0.29, 0.717) is 5.92 Å². The van der Waals surface area contributed by atoms with Crippen LogP contribution in [0.5, 0.6) is 0 Å². The van der Waals surface area contributed by atoms with Crippen LogP contribution in [0.25, 0.3) is 0 Å². The lowest BCUT2D eigenvalue weighted by Gasteiger charge is -2.15. The van der Waals surface area contributed by atoms with Crippen molar-refractivity contribution in [3.63, 3.8) is 0 Å². The van der Waals surface area contributed by atoms with Gasteiger partial charge in [-0.05, 0) is 23.6 Å². The fourth-order valence-electron chi connectivity index (χ4n) is 1.75. The lowest BCUT2D eigenvalue weighted by molar-refractivity contribution is 0.0515. The number of hydrogen-bond acceptors (Lipinski definition) is 2. The summed E-state index contributed by atoms with van der Waals surface area (Å²) < 4.78 is 18.5. The average molecular weight is 209 g/mol. The number of benzene rings is 1. The second-order valence-corrected chi connectivity index (χ2v) is 4.14. The highest BCUT2D eigenvalue weighted by Crippen LogP contribution is 2.19. The first-order valence-corrected chi connectivity index (χ1v) is 5.33. The van der Waals surface area contributed by atoms with Crippen LogP contribution in [-0.4, -0.2) is 19.7 Å². The van der Waals surface area contributed by atoms with Gasteiger partial charge in [-0.1, -0.05) is 19.1 Å². The number of rotatable bonds is 1. The highest BCUT2D eigenvalue weighted by atomic mass is 19.1. The molecule has 2 rings (SSSR count). The van der Waals surface area contributed by atoms with Crippen molar-refractivity contribution < 1.29 is 9.13 Å². The molecule has 1 saturated heterocycles. The summed E-state index contributed by atoms with van der Waals surface area (Å²) in [5, 5.41) is 3.34. The van der Waals surface area contributed by atoms with Crippen molar-refractivity contribution in [2.75, 3.05) is 19.7 Å². The van der Waals surface area contributed by atoms with Gasteiger partial charge in [-0.3, -0.25) is 0 Å². The molecule has 1 N–H and O–H groups in total. The molecule has 1 fully saturated rings. The zero-order valence-corrected chi connectivity index (χ0v) is 8.87. The van der Waals surface area contributed by atoms with Crippen molar-refractivity contribution in [3.05, 3.63) is 35.6 Å². The van der Waals surface area contributed by atoms with E-state index in [4.69, 9.17) is 4.74 Å². The number of nitrogens with one attached hydrogen (secondary N) is 1. The smallest absolute Gasteiger partial charge is 0.123 e. The van der Waals surface area contributed by atoms with E-state index in [2.05, 4.69) is 12.2 Å². The minimum Gasteiger partial charge on any atom is -0.372 e. The summed E-state index contributed by atoms with van der Waals surface area (Å²) in [4.78, 5) is 0. The third-order valence-corrected chi connectivity index (χ3v) is 2.65. The molecule has 0 radical (unpaired) electrons. The molecule has 1 aromatic carbocycles. The maximum atomic E-state index is 12.7. The Bertz CT molecular complexity index is 312. The van der Waals surface area contributed by atoms with Gasteiger partial charge >= 0.3 is 0 Å². The predicted molar refractivity (Wildman–Crippen MR) is 57.1 cm³/mol. The standard InChI is InChI=1S/C12H16FNO/c1-9-6-14-7-12(15-8-9)10-2-4-11(13)5-3-10/h2-5,9,12,14H,6-8H2,1H3. The fourth-order valence-corrected chi connectivity index (χ4v) is 1.75. The lowest BCUT2D eigenvalue weighted by Crippen LogP contribution is -2.22. The van der Waals surface area contributed by atoms with E-state index in [-0.39, 0.29) is 11.9 Å². The topological polar surface area (TPSA) is 21.3 Å². The van der Waals surface area contributed by atoms with Crippen LogP contribution in [0.2, 0.25) is 0 Å². The third kappa shape index (κ3) is 2.76. The van der Waals surface area contributed by atoms with Crippen LogP contribution in [0.15, 0.2) is 24.3 Å². The molecule has 2 nitrogen and oxygen atoms in total. The molecule has 1 aliphatic rings. The van der Waals surface area contributed by atoms with E-state index in [0.717, 1.165) is 25.3 Å². The van der Waals surface area contributed by atoms with Crippen molar-refractivity contribution in [3.8, 4) is 0 Å². The maximum absolute atomic E-state index is 12.7. The summed E-state index contributed by atoms with van der Waals surface area (Å²) in [5.41, 5.74) is 1.04. The van der Waals surface area contributed by atoms with Crippen LogP contribution in [0.1, 0.15) is 18.6 Å². The minimum absolute atomic E-state index is 0.0514. The maximum Gasteiger partial charge on any atom is 0.123 e. The second-order valence-electron chi connectivity index (χ2n) is 4.14. The van der Waals surface area contributed by atoms with Gasteiger partial charge in [0.2, 0.25) is 0 Å². The van der Waals surface area contributed by atoms with E-state index in [1.54, 1.807) is 12.1 Å². The summed E-state index contributed by atoms with van der Waals surface area (Å²) >= 11 is 0. The van der Waals surface area contributed by atoms with Crippen LogP contribution in [0.4, 0.5) is 4.39 Å². The molecule has 0 amide bonds. The molecule has 0 aliphatic carbocycles. The summed E-state index contributed by atoms with van der Waals surface area (Å²) in [7, 11) is 0. The van der Waals surface area contributed by atoms with Gasteiger partial charge in [0.25, 0.3) is 0 Å². The van der Waals surface area contributed by atoms with E-state index in [1.165, 1.54) is 12.1 Å². The van der Waals surface area contributed by atoms with Crippen molar-refractivity contribution in [1.82, 2.24) is 5.32 Å². The quantitative estimate of drug-likeness (QED) is 0.765. The van der Waals surface area contributed by atoms with Crippen LogP contribution < -0.4 is 5.32 Å². The van der Waals surface area contributed by atoms with Crippen LogP contribution in [0, 0.1) is 11.7 Å². The lowest BCUT2D eigenvalue weighted by atomic mass is 10.1. The zero-order chi connectivity index (χ0) is 10.7. The zero-order valence-electron chi connectivity index (χ0n) is 8.87. The Morgan fingerprint density at radius 2 is 2.00 bits per heavy atom. The molecule has 0 bridgehead atoms. The molecule has 82 valence electrons. The molecule has 0 aromatic heterocycles. The Morgan fingerprint density at radius 1 is 1.27 bits per heavy atom.